The van der Waals surface area contributed by atoms with Gasteiger partial charge in [-0.1, -0.05) is 6.92 Å². The molecule has 1 aromatic rings. The first-order chi connectivity index (χ1) is 12.7. The lowest BCUT2D eigenvalue weighted by Crippen LogP contribution is -2.44. The van der Waals surface area contributed by atoms with Crippen LogP contribution in [0.25, 0.3) is 0 Å². The second-order valence-corrected chi connectivity index (χ2v) is 8.96. The summed E-state index contributed by atoms with van der Waals surface area (Å²) < 4.78 is 26.9. The Morgan fingerprint density at radius 3 is 2.74 bits per heavy atom. The number of nitrogens with zero attached hydrogens (tertiary/aromatic N) is 3. The number of pyridine rings is 1. The molecule has 2 fully saturated rings. The Bertz CT molecular complexity index is 857. The van der Waals surface area contributed by atoms with Gasteiger partial charge in [0, 0.05) is 31.8 Å². The molecule has 2 N–H and O–H groups in total. The van der Waals surface area contributed by atoms with Gasteiger partial charge >= 0.3 is 0 Å². The minimum absolute atomic E-state index is 0.0262. The number of rotatable bonds is 6. The van der Waals surface area contributed by atoms with Crippen molar-refractivity contribution in [1.29, 1.82) is 0 Å². The normalized spacial score (nSPS) is 24.0. The molecular weight excluding hydrogens is 372 g/mol. The summed E-state index contributed by atoms with van der Waals surface area (Å²) in [4.78, 5) is 41.4. The van der Waals surface area contributed by atoms with Gasteiger partial charge in [0.05, 0.1) is 12.6 Å². The molecular formula is C17H22N4O5S. The van der Waals surface area contributed by atoms with E-state index in [4.69, 9.17) is 5.73 Å². The highest BCUT2D eigenvalue weighted by atomic mass is 32.2. The molecule has 0 aromatic carbocycles. The summed E-state index contributed by atoms with van der Waals surface area (Å²) in [6, 6.07) is 1.61. The number of ketones is 1. The molecule has 10 heteroatoms. The average Bonchev–Trinajstić information content (AvgIpc) is 3.16. The summed E-state index contributed by atoms with van der Waals surface area (Å²) in [6.07, 6.45) is 3.29. The molecule has 2 amide bonds. The van der Waals surface area contributed by atoms with Crippen LogP contribution < -0.4 is 5.73 Å². The molecule has 0 bridgehead atoms. The number of nitrogens with two attached hydrogens (primary N) is 1. The topological polar surface area (TPSA) is 131 Å². The molecule has 2 saturated heterocycles. The van der Waals surface area contributed by atoms with Crippen molar-refractivity contribution < 1.29 is 22.8 Å². The number of fused-ring (bicyclic) bond motifs is 1. The Kier molecular flexibility index (Phi) is 5.29. The van der Waals surface area contributed by atoms with E-state index in [1.807, 2.05) is 0 Å². The molecule has 0 radical (unpaired) electrons. The van der Waals surface area contributed by atoms with Crippen molar-refractivity contribution in [3.63, 3.8) is 0 Å². The first kappa shape index (κ1) is 19.4. The van der Waals surface area contributed by atoms with E-state index in [1.54, 1.807) is 6.92 Å². The largest absolute Gasteiger partial charge is 0.370 e. The Morgan fingerprint density at radius 1 is 1.37 bits per heavy atom. The van der Waals surface area contributed by atoms with E-state index >= 15 is 0 Å². The third kappa shape index (κ3) is 3.72. The zero-order valence-electron chi connectivity index (χ0n) is 14.9. The molecule has 146 valence electrons. The van der Waals surface area contributed by atoms with E-state index in [0.29, 0.717) is 13.0 Å². The van der Waals surface area contributed by atoms with Gasteiger partial charge in [-0.25, -0.2) is 8.42 Å². The molecule has 27 heavy (non-hydrogen) atoms. The van der Waals surface area contributed by atoms with Crippen molar-refractivity contribution in [2.45, 2.75) is 43.2 Å². The quantitative estimate of drug-likeness (QED) is 0.694. The summed E-state index contributed by atoms with van der Waals surface area (Å²) in [7, 11) is -3.86. The summed E-state index contributed by atoms with van der Waals surface area (Å²) in [6.45, 7) is 1.79. The van der Waals surface area contributed by atoms with Crippen LogP contribution in [0.2, 0.25) is 0 Å². The van der Waals surface area contributed by atoms with Crippen molar-refractivity contribution in [3.8, 4) is 0 Å². The molecule has 3 atom stereocenters. The molecule has 9 nitrogen and oxygen atoms in total. The number of likely N-dealkylation sites (tertiary alicyclic amines) is 1. The Labute approximate surface area is 157 Å². The van der Waals surface area contributed by atoms with Gasteiger partial charge in [-0.3, -0.25) is 19.4 Å². The fourth-order valence-electron chi connectivity index (χ4n) is 3.84. The highest BCUT2D eigenvalue weighted by molar-refractivity contribution is 7.89. The van der Waals surface area contributed by atoms with Gasteiger partial charge in [0.25, 0.3) is 0 Å². The van der Waals surface area contributed by atoms with Crippen LogP contribution in [-0.2, 0) is 24.4 Å². The second kappa shape index (κ2) is 7.35. The summed E-state index contributed by atoms with van der Waals surface area (Å²) in [5, 5.41) is 0. The Balaban J connectivity index is 1.77. The zero-order valence-corrected chi connectivity index (χ0v) is 15.8. The van der Waals surface area contributed by atoms with Gasteiger partial charge in [0.2, 0.25) is 21.8 Å². The summed E-state index contributed by atoms with van der Waals surface area (Å²) >= 11 is 0. The highest BCUT2D eigenvalue weighted by Crippen LogP contribution is 2.34. The first-order valence-corrected chi connectivity index (χ1v) is 10.2. The van der Waals surface area contributed by atoms with Gasteiger partial charge in [-0.15, -0.1) is 0 Å². The Morgan fingerprint density at radius 2 is 2.11 bits per heavy atom. The standard InChI is InChI=1S/C17H22N4O5S/c1-11(7-15(18)23)8-16(24)20-6-4-13-17(20)14(22)10-21(13)27(25,26)12-3-2-5-19-9-12/h2-3,5,9,11,13,17H,4,6-8,10H2,1H3,(H2,18,23). The lowest BCUT2D eigenvalue weighted by Gasteiger charge is -2.25. The third-order valence-corrected chi connectivity index (χ3v) is 6.87. The van der Waals surface area contributed by atoms with Crippen LogP contribution in [0, 0.1) is 5.92 Å². The summed E-state index contributed by atoms with van der Waals surface area (Å²) in [5.41, 5.74) is 5.16. The van der Waals surface area contributed by atoms with Crippen LogP contribution in [0.4, 0.5) is 0 Å². The smallest absolute Gasteiger partial charge is 0.245 e. The fraction of sp³-hybridized carbons (Fsp3) is 0.529. The minimum atomic E-state index is -3.86. The van der Waals surface area contributed by atoms with E-state index in [2.05, 4.69) is 4.98 Å². The van der Waals surface area contributed by atoms with Gasteiger partial charge in [0.1, 0.15) is 10.9 Å². The van der Waals surface area contributed by atoms with E-state index in [0.717, 1.165) is 0 Å². The predicted molar refractivity (Wildman–Crippen MR) is 94.6 cm³/mol. The van der Waals surface area contributed by atoms with Crippen LogP contribution in [0.1, 0.15) is 26.2 Å². The monoisotopic (exact) mass is 394 g/mol. The third-order valence-electron chi connectivity index (χ3n) is 5.01. The molecule has 3 unspecified atom stereocenters. The molecule has 0 aliphatic carbocycles. The van der Waals surface area contributed by atoms with Crippen LogP contribution in [-0.4, -0.2) is 65.4 Å². The number of hydrogen-bond acceptors (Lipinski definition) is 6. The van der Waals surface area contributed by atoms with Gasteiger partial charge in [-0.2, -0.15) is 4.31 Å². The van der Waals surface area contributed by atoms with Crippen molar-refractivity contribution in [2.24, 2.45) is 11.7 Å². The number of carbonyl (C=O) groups excluding carboxylic acids is 3. The van der Waals surface area contributed by atoms with Crippen LogP contribution in [0.3, 0.4) is 0 Å². The Hall–Kier alpha value is -2.33. The maximum absolute atomic E-state index is 12.9. The molecule has 2 aliphatic heterocycles. The number of Topliss-reactive ketones (excluding diaryl/α,β-unsaturated/α-hetero) is 1. The summed E-state index contributed by atoms with van der Waals surface area (Å²) in [5.74, 6) is -1.27. The van der Waals surface area contributed by atoms with Gasteiger partial charge in [-0.05, 0) is 24.5 Å². The van der Waals surface area contributed by atoms with Crippen molar-refractivity contribution >= 4 is 27.6 Å². The molecule has 0 spiro atoms. The zero-order chi connectivity index (χ0) is 19.8. The molecule has 2 aliphatic rings. The van der Waals surface area contributed by atoms with Crippen LogP contribution in [0.5, 0.6) is 0 Å². The van der Waals surface area contributed by atoms with E-state index in [1.165, 1.54) is 33.7 Å². The number of aromatic nitrogens is 1. The van der Waals surface area contributed by atoms with E-state index in [9.17, 15) is 22.8 Å². The average molecular weight is 394 g/mol. The number of amides is 2. The van der Waals surface area contributed by atoms with Crippen molar-refractivity contribution in [2.75, 3.05) is 13.1 Å². The highest BCUT2D eigenvalue weighted by Gasteiger charge is 2.53. The number of sulfonamides is 1. The van der Waals surface area contributed by atoms with Crippen molar-refractivity contribution in [3.05, 3.63) is 24.5 Å². The van der Waals surface area contributed by atoms with Crippen molar-refractivity contribution in [1.82, 2.24) is 14.2 Å². The lowest BCUT2D eigenvalue weighted by molar-refractivity contribution is -0.137. The van der Waals surface area contributed by atoms with E-state index < -0.39 is 28.0 Å². The number of carbonyl (C=O) groups is 3. The number of hydrogen-bond donors (Lipinski definition) is 1. The molecule has 0 saturated carbocycles. The SMILES string of the molecule is CC(CC(N)=O)CC(=O)N1CCC2C1C(=O)CN2S(=O)(=O)c1cccnc1. The maximum atomic E-state index is 12.9. The van der Waals surface area contributed by atoms with Crippen LogP contribution in [0.15, 0.2) is 29.4 Å². The second-order valence-electron chi connectivity index (χ2n) is 7.07. The molecule has 1 aromatic heterocycles. The predicted octanol–water partition coefficient (Wildman–Crippen LogP) is -0.474. The minimum Gasteiger partial charge on any atom is -0.370 e. The fourth-order valence-corrected chi connectivity index (χ4v) is 5.43. The molecule has 3 heterocycles. The first-order valence-electron chi connectivity index (χ1n) is 8.74. The molecule has 3 rings (SSSR count). The van der Waals surface area contributed by atoms with Gasteiger partial charge < -0.3 is 10.6 Å². The van der Waals surface area contributed by atoms with Crippen LogP contribution >= 0.6 is 0 Å². The number of primary amides is 1. The van der Waals surface area contributed by atoms with E-state index in [-0.39, 0.29) is 41.9 Å². The van der Waals surface area contributed by atoms with Gasteiger partial charge in [0.15, 0.2) is 5.78 Å². The lowest BCUT2D eigenvalue weighted by atomic mass is 10.0. The maximum Gasteiger partial charge on any atom is 0.245 e.